The number of nitrogens with zero attached hydrogens (tertiary/aromatic N) is 3. The second-order valence-corrected chi connectivity index (χ2v) is 9.07. The molecule has 3 rings (SSSR count). The van der Waals surface area contributed by atoms with Crippen molar-refractivity contribution in [3.8, 4) is 11.3 Å². The van der Waals surface area contributed by atoms with Crippen molar-refractivity contribution in [1.29, 1.82) is 0 Å². The van der Waals surface area contributed by atoms with E-state index in [1.54, 1.807) is 0 Å². The number of rotatable bonds is 6. The van der Waals surface area contributed by atoms with Gasteiger partial charge in [-0.3, -0.25) is 0 Å². The van der Waals surface area contributed by atoms with Gasteiger partial charge >= 0.3 is 6.18 Å². The molecule has 0 radical (unpaired) electrons. The van der Waals surface area contributed by atoms with Crippen molar-refractivity contribution >= 4 is 21.4 Å². The molecule has 3 aromatic rings. The highest BCUT2D eigenvalue weighted by Crippen LogP contribution is 2.34. The van der Waals surface area contributed by atoms with E-state index in [0.29, 0.717) is 11.9 Å². The molecule has 13 heteroatoms. The summed E-state index contributed by atoms with van der Waals surface area (Å²) >= 11 is 0.835. The highest BCUT2D eigenvalue weighted by atomic mass is 32.2. The lowest BCUT2D eigenvalue weighted by atomic mass is 10.2. The zero-order valence-corrected chi connectivity index (χ0v) is 16.4. The quantitative estimate of drug-likeness (QED) is 0.622. The van der Waals surface area contributed by atoms with Crippen LogP contribution >= 0.6 is 11.3 Å². The Kier molecular flexibility index (Phi) is 5.34. The molecule has 0 unspecified atom stereocenters. The number of aromatic nitrogens is 3. The average Bonchev–Trinajstić information content (AvgIpc) is 3.32. The molecule has 1 N–H and O–H groups in total. The number of alkyl halides is 3. The molecule has 0 spiro atoms. The Morgan fingerprint density at radius 2 is 1.86 bits per heavy atom. The van der Waals surface area contributed by atoms with Crippen molar-refractivity contribution in [2.75, 3.05) is 0 Å². The summed E-state index contributed by atoms with van der Waals surface area (Å²) in [6, 6.07) is 1.13. The third-order valence-corrected chi connectivity index (χ3v) is 6.58. The van der Waals surface area contributed by atoms with Gasteiger partial charge in [0.05, 0.1) is 6.04 Å². The van der Waals surface area contributed by atoms with Gasteiger partial charge in [0.2, 0.25) is 11.7 Å². The number of sulfonamides is 1. The molecule has 0 saturated carbocycles. The molecule has 0 saturated heterocycles. The highest BCUT2D eigenvalue weighted by Gasteiger charge is 2.36. The topological polar surface area (TPSA) is 111 Å². The minimum atomic E-state index is -4.67. The van der Waals surface area contributed by atoms with Crippen molar-refractivity contribution in [3.05, 3.63) is 35.0 Å². The van der Waals surface area contributed by atoms with Crippen LogP contribution in [0.4, 0.5) is 13.2 Å². The summed E-state index contributed by atoms with van der Waals surface area (Å²) in [5, 5.41) is 8.49. The van der Waals surface area contributed by atoms with Crippen molar-refractivity contribution < 1.29 is 30.6 Å². The molecule has 8 nitrogen and oxygen atoms in total. The Morgan fingerprint density at radius 3 is 2.43 bits per heavy atom. The normalized spacial score (nSPS) is 14.0. The maximum Gasteiger partial charge on any atom is 0.452 e. The molecule has 0 aliphatic rings. The van der Waals surface area contributed by atoms with Crippen LogP contribution in [-0.4, -0.2) is 23.7 Å². The van der Waals surface area contributed by atoms with Gasteiger partial charge in [0, 0.05) is 22.9 Å². The summed E-state index contributed by atoms with van der Waals surface area (Å²) in [5.74, 6) is -0.686. The molecule has 3 aromatic heterocycles. The van der Waals surface area contributed by atoms with Gasteiger partial charge in [0.15, 0.2) is 5.82 Å². The van der Waals surface area contributed by atoms with E-state index in [1.807, 2.05) is 13.8 Å². The maximum atomic E-state index is 12.6. The van der Waals surface area contributed by atoms with Crippen molar-refractivity contribution in [1.82, 2.24) is 20.0 Å². The predicted octanol–water partition coefficient (Wildman–Crippen LogP) is 3.97. The Hall–Kier alpha value is -2.25. The molecule has 0 bridgehead atoms. The molecule has 3 heterocycles. The number of hydrogen-bond donors (Lipinski definition) is 1. The second kappa shape index (κ2) is 7.29. The van der Waals surface area contributed by atoms with Crippen LogP contribution in [0, 0.1) is 0 Å². The Labute approximate surface area is 161 Å². The summed E-state index contributed by atoms with van der Waals surface area (Å²) in [7, 11) is -3.97. The third kappa shape index (κ3) is 4.25. The van der Waals surface area contributed by atoms with E-state index in [0.717, 1.165) is 11.3 Å². The van der Waals surface area contributed by atoms with Gasteiger partial charge in [0.1, 0.15) is 9.90 Å². The largest absolute Gasteiger partial charge is 0.452 e. The van der Waals surface area contributed by atoms with Gasteiger partial charge < -0.3 is 9.05 Å². The molecule has 0 fully saturated rings. The zero-order chi connectivity index (χ0) is 20.7. The monoisotopic (exact) mass is 436 g/mol. The fraction of sp³-hybridized carbons (Fsp3) is 0.400. The van der Waals surface area contributed by atoms with Crippen LogP contribution in [0.5, 0.6) is 0 Å². The van der Waals surface area contributed by atoms with Crippen LogP contribution in [-0.2, 0) is 16.2 Å². The number of hydrogen-bond acceptors (Lipinski definition) is 8. The average molecular weight is 436 g/mol. The lowest BCUT2D eigenvalue weighted by Crippen LogP contribution is -2.26. The lowest BCUT2D eigenvalue weighted by molar-refractivity contribution is -0.155. The fourth-order valence-corrected chi connectivity index (χ4v) is 4.52. The first-order valence-electron chi connectivity index (χ1n) is 7.96. The van der Waals surface area contributed by atoms with E-state index in [2.05, 4.69) is 24.5 Å². The molecular formula is C15H15F3N4O4S2. The van der Waals surface area contributed by atoms with Crippen LogP contribution in [0.3, 0.4) is 0 Å². The Morgan fingerprint density at radius 1 is 1.14 bits per heavy atom. The first-order valence-corrected chi connectivity index (χ1v) is 10.3. The van der Waals surface area contributed by atoms with Gasteiger partial charge in [-0.05, 0) is 13.0 Å². The van der Waals surface area contributed by atoms with Crippen LogP contribution < -0.4 is 4.72 Å². The van der Waals surface area contributed by atoms with E-state index in [4.69, 9.17) is 4.52 Å². The van der Waals surface area contributed by atoms with E-state index < -0.39 is 28.0 Å². The summed E-state index contributed by atoms with van der Waals surface area (Å²) < 4.78 is 74.6. The van der Waals surface area contributed by atoms with Gasteiger partial charge in [-0.1, -0.05) is 24.2 Å². The molecule has 0 aromatic carbocycles. The SMILES string of the molecule is CC(C)c1noc([C@@H](C)NS(=O)(=O)c2cc(-c3cc(C(F)(F)F)on3)cs2)n1. The fourth-order valence-electron chi connectivity index (χ4n) is 2.14. The van der Waals surface area contributed by atoms with Crippen LogP contribution in [0.15, 0.2) is 30.8 Å². The minimum Gasteiger partial charge on any atom is -0.351 e. The summed E-state index contributed by atoms with van der Waals surface area (Å²) in [6.45, 7) is 5.27. The Bertz CT molecular complexity index is 1070. The number of nitrogens with one attached hydrogen (secondary N) is 1. The van der Waals surface area contributed by atoms with Gasteiger partial charge in [-0.25, -0.2) is 8.42 Å². The van der Waals surface area contributed by atoms with Crippen molar-refractivity contribution in [2.45, 2.75) is 43.1 Å². The minimum absolute atomic E-state index is 0.0187. The van der Waals surface area contributed by atoms with Crippen LogP contribution in [0.25, 0.3) is 11.3 Å². The number of halogens is 3. The summed E-state index contributed by atoms with van der Waals surface area (Å²) in [5.41, 5.74) is 0.0775. The molecule has 0 aliphatic carbocycles. The molecular weight excluding hydrogens is 421 g/mol. The van der Waals surface area contributed by atoms with Crippen LogP contribution in [0.1, 0.15) is 50.2 Å². The molecule has 0 aliphatic heterocycles. The first kappa shape index (κ1) is 20.5. The van der Waals surface area contributed by atoms with Crippen molar-refractivity contribution in [3.63, 3.8) is 0 Å². The predicted molar refractivity (Wildman–Crippen MR) is 91.9 cm³/mol. The van der Waals surface area contributed by atoms with E-state index in [1.165, 1.54) is 18.4 Å². The molecule has 0 amide bonds. The van der Waals surface area contributed by atoms with Crippen molar-refractivity contribution in [2.24, 2.45) is 0 Å². The summed E-state index contributed by atoms with van der Waals surface area (Å²) in [4.78, 5) is 4.14. The highest BCUT2D eigenvalue weighted by molar-refractivity contribution is 7.91. The van der Waals surface area contributed by atoms with Gasteiger partial charge in [-0.15, -0.1) is 11.3 Å². The Balaban J connectivity index is 1.78. The lowest BCUT2D eigenvalue weighted by Gasteiger charge is -2.08. The van der Waals surface area contributed by atoms with Crippen LogP contribution in [0.2, 0.25) is 0 Å². The zero-order valence-electron chi connectivity index (χ0n) is 14.8. The molecule has 1 atom stereocenters. The van der Waals surface area contributed by atoms with Gasteiger partial charge in [-0.2, -0.15) is 22.9 Å². The standard InChI is InChI=1S/C15H15F3N4O4S2/c1-7(2)13-19-14(26-21-13)8(3)22-28(23,24)12-4-9(6-27-12)10-5-11(25-20-10)15(16,17)18/h4-8,22H,1-3H3/t8-/m1/s1. The molecule has 28 heavy (non-hydrogen) atoms. The van der Waals surface area contributed by atoms with E-state index in [9.17, 15) is 21.6 Å². The molecule has 152 valence electrons. The smallest absolute Gasteiger partial charge is 0.351 e. The van der Waals surface area contributed by atoms with E-state index in [-0.39, 0.29) is 27.3 Å². The van der Waals surface area contributed by atoms with Gasteiger partial charge in [0.25, 0.3) is 10.0 Å². The third-order valence-electron chi connectivity index (χ3n) is 3.60. The van der Waals surface area contributed by atoms with E-state index >= 15 is 0 Å². The number of thiophene rings is 1. The maximum absolute atomic E-state index is 12.6. The summed E-state index contributed by atoms with van der Waals surface area (Å²) in [6.07, 6.45) is -4.67. The first-order chi connectivity index (χ1) is 13.0. The second-order valence-electron chi connectivity index (χ2n) is 6.22.